The van der Waals surface area contributed by atoms with Crippen LogP contribution in [0, 0.1) is 0 Å². The average molecular weight is 433 g/mol. The van der Waals surface area contributed by atoms with Crippen LogP contribution in [0.4, 0.5) is 5.69 Å². The third kappa shape index (κ3) is 3.54. The highest BCUT2D eigenvalue weighted by molar-refractivity contribution is 9.13. The smallest absolute Gasteiger partial charge is 0.265 e. The van der Waals surface area contributed by atoms with Gasteiger partial charge in [-0.25, -0.2) is 0 Å². The minimum atomic E-state index is -0.341. The van der Waals surface area contributed by atoms with Crippen molar-refractivity contribution in [3.05, 3.63) is 49.0 Å². The Morgan fingerprint density at radius 2 is 2.00 bits per heavy atom. The van der Waals surface area contributed by atoms with Gasteiger partial charge in [0.15, 0.2) is 6.29 Å². The molecule has 0 unspecified atom stereocenters. The maximum atomic E-state index is 12.2. The Balaban J connectivity index is 1.75. The van der Waals surface area contributed by atoms with Gasteiger partial charge < -0.3 is 14.8 Å². The van der Waals surface area contributed by atoms with E-state index in [9.17, 15) is 4.79 Å². The summed E-state index contributed by atoms with van der Waals surface area (Å²) in [5.74, 6) is -0.142. The Labute approximate surface area is 142 Å². The van der Waals surface area contributed by atoms with Gasteiger partial charge in [-0.15, -0.1) is 11.3 Å². The lowest BCUT2D eigenvalue weighted by Gasteiger charge is -2.11. The van der Waals surface area contributed by atoms with Crippen LogP contribution in [-0.4, -0.2) is 19.1 Å². The first-order valence-corrected chi connectivity index (χ1v) is 8.63. The molecule has 1 aromatic heterocycles. The van der Waals surface area contributed by atoms with Crippen LogP contribution < -0.4 is 5.32 Å². The number of ether oxygens (including phenoxy) is 2. The van der Waals surface area contributed by atoms with Crippen LogP contribution in [-0.2, 0) is 9.47 Å². The standard InChI is InChI=1S/C14H11Br2NO3S/c15-10-7-11(21-12(10)16)13(18)17-9-3-1-2-8(6-9)14-19-4-5-20-14/h1-3,6-7,14H,4-5H2,(H,17,18). The van der Waals surface area contributed by atoms with E-state index >= 15 is 0 Å². The number of hydrogen-bond acceptors (Lipinski definition) is 4. The molecule has 0 aliphatic carbocycles. The summed E-state index contributed by atoms with van der Waals surface area (Å²) in [7, 11) is 0. The molecule has 2 heterocycles. The second-order valence-electron chi connectivity index (χ2n) is 4.39. The molecular formula is C14H11Br2NO3S. The van der Waals surface area contributed by atoms with Crippen molar-refractivity contribution in [2.45, 2.75) is 6.29 Å². The summed E-state index contributed by atoms with van der Waals surface area (Å²) in [6, 6.07) is 9.29. The predicted molar refractivity (Wildman–Crippen MR) is 88.8 cm³/mol. The van der Waals surface area contributed by atoms with Gasteiger partial charge in [0.2, 0.25) is 0 Å². The van der Waals surface area contributed by atoms with Crippen LogP contribution >= 0.6 is 43.2 Å². The van der Waals surface area contributed by atoms with E-state index in [2.05, 4.69) is 37.2 Å². The maximum Gasteiger partial charge on any atom is 0.265 e. The number of thiophene rings is 1. The highest BCUT2D eigenvalue weighted by Crippen LogP contribution is 2.33. The largest absolute Gasteiger partial charge is 0.346 e. The molecule has 1 fully saturated rings. The van der Waals surface area contributed by atoms with Gasteiger partial charge in [0.25, 0.3) is 5.91 Å². The zero-order valence-corrected chi connectivity index (χ0v) is 14.8. The molecule has 1 N–H and O–H groups in total. The van der Waals surface area contributed by atoms with E-state index in [1.807, 2.05) is 24.3 Å². The van der Waals surface area contributed by atoms with Crippen LogP contribution in [0.15, 0.2) is 38.6 Å². The summed E-state index contributed by atoms with van der Waals surface area (Å²) in [5, 5.41) is 2.88. The van der Waals surface area contributed by atoms with Crippen LogP contribution in [0.3, 0.4) is 0 Å². The first-order chi connectivity index (χ1) is 10.1. The molecular weight excluding hydrogens is 422 g/mol. The Hall–Kier alpha value is -0.730. The molecule has 1 amide bonds. The lowest BCUT2D eigenvalue weighted by Crippen LogP contribution is -2.10. The van der Waals surface area contributed by atoms with Crippen molar-refractivity contribution in [1.29, 1.82) is 0 Å². The van der Waals surface area contributed by atoms with Crippen molar-refractivity contribution < 1.29 is 14.3 Å². The molecule has 0 radical (unpaired) electrons. The first kappa shape index (κ1) is 15.2. The van der Waals surface area contributed by atoms with Gasteiger partial charge in [0.1, 0.15) is 0 Å². The molecule has 7 heteroatoms. The molecule has 3 rings (SSSR count). The van der Waals surface area contributed by atoms with Gasteiger partial charge in [-0.3, -0.25) is 4.79 Å². The summed E-state index contributed by atoms with van der Waals surface area (Å²) in [6.45, 7) is 1.19. The Kier molecular flexibility index (Phi) is 4.75. The minimum absolute atomic E-state index is 0.142. The second kappa shape index (κ2) is 6.58. The Morgan fingerprint density at radius 3 is 2.67 bits per heavy atom. The molecule has 0 saturated carbocycles. The van der Waals surface area contributed by atoms with Crippen LogP contribution in [0.5, 0.6) is 0 Å². The monoisotopic (exact) mass is 431 g/mol. The van der Waals surface area contributed by atoms with Crippen LogP contribution in [0.2, 0.25) is 0 Å². The number of carbonyl (C=O) groups is 1. The van der Waals surface area contributed by atoms with Crippen molar-refractivity contribution in [3.63, 3.8) is 0 Å². The summed E-state index contributed by atoms with van der Waals surface area (Å²) in [5.41, 5.74) is 1.62. The highest BCUT2D eigenvalue weighted by atomic mass is 79.9. The van der Waals surface area contributed by atoms with E-state index in [4.69, 9.17) is 9.47 Å². The molecule has 21 heavy (non-hydrogen) atoms. The first-order valence-electron chi connectivity index (χ1n) is 6.23. The number of amides is 1. The molecule has 1 saturated heterocycles. The van der Waals surface area contributed by atoms with Gasteiger partial charge in [-0.05, 0) is 50.1 Å². The summed E-state index contributed by atoms with van der Waals surface area (Å²) in [6.07, 6.45) is -0.341. The van der Waals surface area contributed by atoms with Crippen LogP contribution in [0.25, 0.3) is 0 Å². The van der Waals surface area contributed by atoms with Crippen LogP contribution in [0.1, 0.15) is 21.5 Å². The normalized spacial score (nSPS) is 15.3. The van der Waals surface area contributed by atoms with E-state index in [0.29, 0.717) is 18.1 Å². The Bertz CT molecular complexity index is 648. The number of rotatable bonds is 3. The molecule has 4 nitrogen and oxygen atoms in total. The second-order valence-corrected chi connectivity index (χ2v) is 7.61. The number of halogens is 2. The molecule has 0 atom stereocenters. The van der Waals surface area contributed by atoms with Crippen molar-refractivity contribution in [3.8, 4) is 0 Å². The highest BCUT2D eigenvalue weighted by Gasteiger charge is 2.19. The van der Waals surface area contributed by atoms with Crippen molar-refractivity contribution in [2.75, 3.05) is 18.5 Å². The zero-order valence-electron chi connectivity index (χ0n) is 10.8. The maximum absolute atomic E-state index is 12.2. The summed E-state index contributed by atoms with van der Waals surface area (Å²) >= 11 is 8.14. The number of nitrogens with one attached hydrogen (secondary N) is 1. The number of anilines is 1. The van der Waals surface area contributed by atoms with E-state index in [1.165, 1.54) is 11.3 Å². The Morgan fingerprint density at radius 1 is 1.24 bits per heavy atom. The van der Waals surface area contributed by atoms with Gasteiger partial charge in [0.05, 0.1) is 21.9 Å². The molecule has 0 bridgehead atoms. The average Bonchev–Trinajstić information content (AvgIpc) is 3.10. The van der Waals surface area contributed by atoms with Gasteiger partial charge >= 0.3 is 0 Å². The number of hydrogen-bond donors (Lipinski definition) is 1. The fourth-order valence-corrected chi connectivity index (χ4v) is 3.90. The fourth-order valence-electron chi connectivity index (χ4n) is 1.97. The van der Waals surface area contributed by atoms with E-state index < -0.39 is 0 Å². The lowest BCUT2D eigenvalue weighted by atomic mass is 10.2. The van der Waals surface area contributed by atoms with E-state index in [0.717, 1.165) is 19.5 Å². The lowest BCUT2D eigenvalue weighted by molar-refractivity contribution is -0.0440. The van der Waals surface area contributed by atoms with Crippen molar-refractivity contribution >= 4 is 54.8 Å². The third-order valence-electron chi connectivity index (χ3n) is 2.91. The van der Waals surface area contributed by atoms with Gasteiger partial charge in [-0.1, -0.05) is 12.1 Å². The molecule has 0 spiro atoms. The zero-order chi connectivity index (χ0) is 14.8. The summed E-state index contributed by atoms with van der Waals surface area (Å²) < 4.78 is 12.7. The molecule has 1 aromatic carbocycles. The van der Waals surface area contributed by atoms with Crippen molar-refractivity contribution in [1.82, 2.24) is 0 Å². The molecule has 1 aliphatic rings. The molecule has 2 aromatic rings. The third-order valence-corrected chi connectivity index (χ3v) is 6.16. The quantitative estimate of drug-likeness (QED) is 0.772. The number of benzene rings is 1. The van der Waals surface area contributed by atoms with Crippen molar-refractivity contribution in [2.24, 2.45) is 0 Å². The SMILES string of the molecule is O=C(Nc1cccc(C2OCCO2)c1)c1cc(Br)c(Br)s1. The molecule has 110 valence electrons. The molecule has 1 aliphatic heterocycles. The predicted octanol–water partition coefficient (Wildman–Crippen LogP) is 4.57. The summed E-state index contributed by atoms with van der Waals surface area (Å²) in [4.78, 5) is 12.8. The minimum Gasteiger partial charge on any atom is -0.346 e. The fraction of sp³-hybridized carbons (Fsp3) is 0.214. The van der Waals surface area contributed by atoms with E-state index in [-0.39, 0.29) is 12.2 Å². The van der Waals surface area contributed by atoms with Gasteiger partial charge in [0, 0.05) is 15.7 Å². The van der Waals surface area contributed by atoms with Gasteiger partial charge in [-0.2, -0.15) is 0 Å². The van der Waals surface area contributed by atoms with E-state index in [1.54, 1.807) is 6.07 Å². The topological polar surface area (TPSA) is 47.6 Å². The number of carbonyl (C=O) groups excluding carboxylic acids is 1.